The second-order valence-electron chi connectivity index (χ2n) is 4.58. The summed E-state index contributed by atoms with van der Waals surface area (Å²) < 4.78 is 5.76. The Kier molecular flexibility index (Phi) is 5.72. The highest BCUT2D eigenvalue weighted by atomic mass is 35.5. The van der Waals surface area contributed by atoms with Crippen molar-refractivity contribution in [3.8, 4) is 5.75 Å². The van der Waals surface area contributed by atoms with E-state index in [1.807, 2.05) is 55.6 Å². The summed E-state index contributed by atoms with van der Waals surface area (Å²) in [6.45, 7) is 0.583. The van der Waals surface area contributed by atoms with E-state index >= 15 is 0 Å². The first kappa shape index (κ1) is 15.2. The number of benzene rings is 2. The number of nitrogens with one attached hydrogen (secondary N) is 1. The van der Waals surface area contributed by atoms with Gasteiger partial charge in [-0.2, -0.15) is 0 Å². The van der Waals surface area contributed by atoms with E-state index in [1.165, 1.54) is 5.56 Å². The molecule has 0 saturated heterocycles. The normalized spacial score (nSPS) is 12.2. The minimum absolute atomic E-state index is 0.232. The molecule has 1 N–H and O–H groups in total. The monoisotopic (exact) mass is 309 g/mol. The van der Waals surface area contributed by atoms with Gasteiger partial charge < -0.3 is 10.1 Å². The van der Waals surface area contributed by atoms with E-state index in [9.17, 15) is 0 Å². The minimum Gasteiger partial charge on any atom is -0.492 e. The largest absolute Gasteiger partial charge is 0.492 e. The van der Waals surface area contributed by atoms with Crippen LogP contribution in [0.3, 0.4) is 0 Å². The molecule has 1 unspecified atom stereocenters. The van der Waals surface area contributed by atoms with E-state index < -0.39 is 0 Å². The first-order valence-electron chi connectivity index (χ1n) is 6.47. The van der Waals surface area contributed by atoms with Crippen molar-refractivity contribution in [1.82, 2.24) is 5.32 Å². The fourth-order valence-corrected chi connectivity index (χ4v) is 2.21. The first-order chi connectivity index (χ1) is 9.67. The average molecular weight is 310 g/mol. The summed E-state index contributed by atoms with van der Waals surface area (Å²) in [5, 5.41) is 4.70. The molecule has 0 aliphatic rings. The van der Waals surface area contributed by atoms with Crippen LogP contribution < -0.4 is 10.1 Å². The molecule has 20 heavy (non-hydrogen) atoms. The topological polar surface area (TPSA) is 21.3 Å². The molecule has 0 radical (unpaired) electrons. The van der Waals surface area contributed by atoms with Crippen molar-refractivity contribution in [2.75, 3.05) is 13.7 Å². The molecule has 0 aromatic heterocycles. The van der Waals surface area contributed by atoms with Crippen molar-refractivity contribution in [3.05, 3.63) is 64.1 Å². The highest BCUT2D eigenvalue weighted by Gasteiger charge is 2.08. The molecule has 0 aliphatic heterocycles. The highest BCUT2D eigenvalue weighted by molar-refractivity contribution is 6.30. The summed E-state index contributed by atoms with van der Waals surface area (Å²) in [5.74, 6) is 0.786. The summed E-state index contributed by atoms with van der Waals surface area (Å²) in [7, 11) is 1.93. The molecule has 0 heterocycles. The van der Waals surface area contributed by atoms with Crippen LogP contribution in [0.15, 0.2) is 48.5 Å². The number of likely N-dealkylation sites (N-methyl/N-ethyl adjacent to an activating group) is 1. The van der Waals surface area contributed by atoms with E-state index in [4.69, 9.17) is 27.9 Å². The van der Waals surface area contributed by atoms with Gasteiger partial charge >= 0.3 is 0 Å². The lowest BCUT2D eigenvalue weighted by Gasteiger charge is -2.17. The van der Waals surface area contributed by atoms with Gasteiger partial charge in [-0.05, 0) is 49.4 Å². The van der Waals surface area contributed by atoms with Crippen LogP contribution >= 0.6 is 23.2 Å². The van der Waals surface area contributed by atoms with Crippen molar-refractivity contribution >= 4 is 23.2 Å². The zero-order chi connectivity index (χ0) is 14.4. The van der Waals surface area contributed by atoms with E-state index in [1.54, 1.807) is 0 Å². The van der Waals surface area contributed by atoms with Crippen molar-refractivity contribution in [1.29, 1.82) is 0 Å². The summed E-state index contributed by atoms with van der Waals surface area (Å²) in [5.41, 5.74) is 1.23. The van der Waals surface area contributed by atoms with Gasteiger partial charge in [-0.25, -0.2) is 0 Å². The van der Waals surface area contributed by atoms with Gasteiger partial charge in [0.2, 0.25) is 0 Å². The van der Waals surface area contributed by atoms with E-state index in [-0.39, 0.29) is 6.04 Å². The SMILES string of the molecule is CNC(COc1cccc(Cl)c1)Cc1ccc(Cl)cc1. The lowest BCUT2D eigenvalue weighted by molar-refractivity contribution is 0.270. The Bertz CT molecular complexity index is 542. The average Bonchev–Trinajstić information content (AvgIpc) is 2.45. The second kappa shape index (κ2) is 7.53. The maximum atomic E-state index is 5.93. The van der Waals surface area contributed by atoms with Crippen LogP contribution in [0.5, 0.6) is 5.75 Å². The van der Waals surface area contributed by atoms with Gasteiger partial charge in [0.1, 0.15) is 12.4 Å². The van der Waals surface area contributed by atoms with Crippen LogP contribution in [-0.4, -0.2) is 19.7 Å². The predicted molar refractivity (Wildman–Crippen MR) is 85.0 cm³/mol. The quantitative estimate of drug-likeness (QED) is 0.863. The Balaban J connectivity index is 1.90. The van der Waals surface area contributed by atoms with Crippen LogP contribution in [0.4, 0.5) is 0 Å². The Morgan fingerprint density at radius 2 is 1.80 bits per heavy atom. The maximum absolute atomic E-state index is 5.93. The molecule has 2 aromatic rings. The van der Waals surface area contributed by atoms with Crippen molar-refractivity contribution < 1.29 is 4.74 Å². The molecule has 2 rings (SSSR count). The third-order valence-corrected chi connectivity index (χ3v) is 3.54. The van der Waals surface area contributed by atoms with Gasteiger partial charge in [-0.1, -0.05) is 41.4 Å². The van der Waals surface area contributed by atoms with E-state index in [0.717, 1.165) is 17.2 Å². The summed E-state index contributed by atoms with van der Waals surface area (Å²) >= 11 is 11.8. The third kappa shape index (κ3) is 4.71. The van der Waals surface area contributed by atoms with Gasteiger partial charge in [0.15, 0.2) is 0 Å². The number of hydrogen-bond acceptors (Lipinski definition) is 2. The molecule has 0 spiro atoms. The molecule has 2 aromatic carbocycles. The van der Waals surface area contributed by atoms with Gasteiger partial charge in [0.25, 0.3) is 0 Å². The molecule has 2 nitrogen and oxygen atoms in total. The smallest absolute Gasteiger partial charge is 0.120 e. The predicted octanol–water partition coefficient (Wildman–Crippen LogP) is 4.20. The van der Waals surface area contributed by atoms with Crippen molar-refractivity contribution in [2.45, 2.75) is 12.5 Å². The summed E-state index contributed by atoms with van der Waals surface area (Å²) in [6, 6.07) is 15.5. The van der Waals surface area contributed by atoms with Crippen molar-refractivity contribution in [2.24, 2.45) is 0 Å². The number of halogens is 2. The first-order valence-corrected chi connectivity index (χ1v) is 7.23. The van der Waals surface area contributed by atoms with Crippen LogP contribution in [0.2, 0.25) is 10.0 Å². The third-order valence-electron chi connectivity index (χ3n) is 3.05. The van der Waals surface area contributed by atoms with Crippen molar-refractivity contribution in [3.63, 3.8) is 0 Å². The van der Waals surface area contributed by atoms with E-state index in [2.05, 4.69) is 5.32 Å². The summed E-state index contributed by atoms with van der Waals surface area (Å²) in [6.07, 6.45) is 0.883. The molecular formula is C16H17Cl2NO. The highest BCUT2D eigenvalue weighted by Crippen LogP contribution is 2.17. The molecule has 0 fully saturated rings. The summed E-state index contributed by atoms with van der Waals surface area (Å²) in [4.78, 5) is 0. The van der Waals surface area contributed by atoms with Gasteiger partial charge in [-0.3, -0.25) is 0 Å². The molecule has 0 amide bonds. The fraction of sp³-hybridized carbons (Fsp3) is 0.250. The van der Waals surface area contributed by atoms with Crippen LogP contribution in [0.25, 0.3) is 0 Å². The van der Waals surface area contributed by atoms with Crippen LogP contribution in [0, 0.1) is 0 Å². The lowest BCUT2D eigenvalue weighted by atomic mass is 10.1. The standard InChI is InChI=1S/C16H17Cl2NO/c1-19-15(9-12-5-7-13(17)8-6-12)11-20-16-4-2-3-14(18)10-16/h2-8,10,15,19H,9,11H2,1H3. The molecule has 0 saturated carbocycles. The van der Waals surface area contributed by atoms with Gasteiger partial charge in [0.05, 0.1) is 0 Å². The molecular weight excluding hydrogens is 293 g/mol. The Morgan fingerprint density at radius 3 is 2.45 bits per heavy atom. The zero-order valence-electron chi connectivity index (χ0n) is 11.3. The lowest BCUT2D eigenvalue weighted by Crippen LogP contribution is -2.33. The van der Waals surface area contributed by atoms with Crippen LogP contribution in [-0.2, 0) is 6.42 Å². The second-order valence-corrected chi connectivity index (χ2v) is 5.46. The van der Waals surface area contributed by atoms with Gasteiger partial charge in [-0.15, -0.1) is 0 Å². The Labute approximate surface area is 129 Å². The molecule has 0 bridgehead atoms. The number of rotatable bonds is 6. The Hall–Kier alpha value is -1.22. The maximum Gasteiger partial charge on any atom is 0.120 e. The van der Waals surface area contributed by atoms with Gasteiger partial charge in [0, 0.05) is 16.1 Å². The number of ether oxygens (including phenoxy) is 1. The number of hydrogen-bond donors (Lipinski definition) is 1. The minimum atomic E-state index is 0.232. The molecule has 0 aliphatic carbocycles. The van der Waals surface area contributed by atoms with E-state index in [0.29, 0.717) is 11.6 Å². The fourth-order valence-electron chi connectivity index (χ4n) is 1.90. The molecule has 1 atom stereocenters. The zero-order valence-corrected chi connectivity index (χ0v) is 12.8. The molecule has 106 valence electrons. The molecule has 4 heteroatoms. The van der Waals surface area contributed by atoms with Crippen LogP contribution in [0.1, 0.15) is 5.56 Å². The Morgan fingerprint density at radius 1 is 1.05 bits per heavy atom.